The van der Waals surface area contributed by atoms with Crippen LogP contribution in [-0.4, -0.2) is 64.8 Å². The summed E-state index contributed by atoms with van der Waals surface area (Å²) in [5.74, 6) is 5.75. The van der Waals surface area contributed by atoms with Crippen molar-refractivity contribution in [3.8, 4) is 11.1 Å². The second kappa shape index (κ2) is 27.2. The molecule has 4 N–H and O–H groups in total. The molecule has 3 aliphatic carbocycles. The molecular formula is C82H75F4N13O. The highest BCUT2D eigenvalue weighted by atomic mass is 19.1. The van der Waals surface area contributed by atoms with Crippen LogP contribution in [0.5, 0.6) is 0 Å². The standard InChI is InChI=1S/C29H26F2N4.C27H25FN4.C26H24FN5O/c1-17(29-34-27-14-23(20-3-2-11-32-16-20)25(31)15-28(27)35-29)18-4-6-19(7-5-18)22-10-12-33-26-9-8-21(30)13-24(22)26;1-16(27-31-25-11-10-23-21(26(25)32-27)3-2-13-29-23)17-4-6-18(7-5-17)20-12-14-30-24-9-8-19(28)15-22(20)24;1-14(25-31-23-11-20-22(12-24(23)32-25)29-13-30-26(20)33)15-2-4-16(5-3-15)18-8-9-28-21-7-6-17(27)10-19(18)21/h2-3,8-19H,4-7H2,1H3,(H,34,35);2-3,8-18H,4-7H2,1H3,(H,31,32);6-16H,2-5H2,1H3,(H,31,32)(H,29,30,33)/t17-,18?,19?;;/m0../s1. The fourth-order valence-corrected chi connectivity index (χ4v) is 16.6. The summed E-state index contributed by atoms with van der Waals surface area (Å²) in [5.41, 5.74) is 14.2. The number of fused-ring (bicyclic) bond motifs is 9. The first kappa shape index (κ1) is 64.1. The molecule has 100 heavy (non-hydrogen) atoms. The Morgan fingerprint density at radius 3 is 1.35 bits per heavy atom. The van der Waals surface area contributed by atoms with Crippen molar-refractivity contribution in [3.05, 3.63) is 245 Å². The topological polar surface area (TPSA) is 196 Å². The highest BCUT2D eigenvalue weighted by Gasteiger charge is 2.33. The number of hydrogen-bond donors (Lipinski definition) is 4. The van der Waals surface area contributed by atoms with E-state index in [4.69, 9.17) is 15.0 Å². The van der Waals surface area contributed by atoms with E-state index in [1.807, 2.05) is 55.1 Å². The van der Waals surface area contributed by atoms with Gasteiger partial charge in [-0.15, -0.1) is 0 Å². The van der Waals surface area contributed by atoms with Gasteiger partial charge in [-0.3, -0.25) is 29.7 Å². The maximum atomic E-state index is 14.8. The second-order valence-corrected chi connectivity index (χ2v) is 28.0. The van der Waals surface area contributed by atoms with Gasteiger partial charge in [-0.25, -0.2) is 37.5 Å². The Morgan fingerprint density at radius 2 is 0.840 bits per heavy atom. The zero-order valence-electron chi connectivity index (χ0n) is 55.9. The molecule has 3 saturated carbocycles. The van der Waals surface area contributed by atoms with Crippen LogP contribution in [0.4, 0.5) is 17.6 Å². The fourth-order valence-electron chi connectivity index (χ4n) is 16.6. The van der Waals surface area contributed by atoms with Gasteiger partial charge in [0, 0.05) is 93.7 Å². The van der Waals surface area contributed by atoms with Crippen LogP contribution in [0.3, 0.4) is 0 Å². The molecule has 18 heteroatoms. The van der Waals surface area contributed by atoms with E-state index < -0.39 is 0 Å². The average molecular weight is 1330 g/mol. The van der Waals surface area contributed by atoms with E-state index in [0.29, 0.717) is 57.9 Å². The molecular weight excluding hydrogens is 1260 g/mol. The summed E-state index contributed by atoms with van der Waals surface area (Å²) >= 11 is 0. The monoisotopic (exact) mass is 1330 g/mol. The van der Waals surface area contributed by atoms with Gasteiger partial charge < -0.3 is 19.9 Å². The normalized spacial score (nSPS) is 19.8. The molecule has 6 aromatic carbocycles. The van der Waals surface area contributed by atoms with E-state index in [9.17, 15) is 22.4 Å². The number of rotatable bonds is 10. The molecule has 14 nitrogen and oxygen atoms in total. The van der Waals surface area contributed by atoms with Gasteiger partial charge in [-0.05, 0) is 251 Å². The van der Waals surface area contributed by atoms with E-state index in [1.54, 1.807) is 60.9 Å². The molecule has 9 heterocycles. The van der Waals surface area contributed by atoms with Crippen LogP contribution in [0.25, 0.3) is 98.7 Å². The molecule has 3 aliphatic rings. The minimum atomic E-state index is -0.283. The smallest absolute Gasteiger partial charge is 0.258 e. The van der Waals surface area contributed by atoms with E-state index in [2.05, 4.69) is 101 Å². The Balaban J connectivity index is 0.000000117. The summed E-state index contributed by atoms with van der Waals surface area (Å²) in [7, 11) is 0. The number of aromatic amines is 4. The number of nitrogens with zero attached hydrogens (tertiary/aromatic N) is 9. The molecule has 3 atom stereocenters. The average Bonchev–Trinajstić information content (AvgIpc) is 1.34. The first-order valence-electron chi connectivity index (χ1n) is 35.1. The van der Waals surface area contributed by atoms with Crippen LogP contribution in [0, 0.1) is 41.0 Å². The molecule has 0 spiro atoms. The third kappa shape index (κ3) is 12.7. The Hall–Kier alpha value is -10.6. The van der Waals surface area contributed by atoms with E-state index >= 15 is 0 Å². The van der Waals surface area contributed by atoms with E-state index in [0.717, 1.165) is 177 Å². The molecule has 0 saturated heterocycles. The quantitative estimate of drug-likeness (QED) is 0.0957. The zero-order chi connectivity index (χ0) is 68.1. The van der Waals surface area contributed by atoms with Crippen LogP contribution in [0.15, 0.2) is 182 Å². The molecule has 0 radical (unpaired) electrons. The number of benzene rings is 6. The lowest BCUT2D eigenvalue weighted by molar-refractivity contribution is 0.286. The fraction of sp³-hybridized carbons (Fsp3) is 0.293. The van der Waals surface area contributed by atoms with Gasteiger partial charge in [0.05, 0.1) is 72.4 Å². The third-order valence-electron chi connectivity index (χ3n) is 22.3. The molecule has 18 rings (SSSR count). The molecule has 0 bridgehead atoms. The minimum Gasteiger partial charge on any atom is -0.342 e. The van der Waals surface area contributed by atoms with Crippen molar-refractivity contribution in [2.24, 2.45) is 17.8 Å². The van der Waals surface area contributed by atoms with Crippen LogP contribution >= 0.6 is 0 Å². The summed E-state index contributed by atoms with van der Waals surface area (Å²) in [5, 5.41) is 4.48. The molecule has 2 unspecified atom stereocenters. The number of halogens is 4. The number of hydrogen-bond acceptors (Lipinski definition) is 10. The predicted octanol–water partition coefficient (Wildman–Crippen LogP) is 20.0. The third-order valence-corrected chi connectivity index (χ3v) is 22.3. The van der Waals surface area contributed by atoms with Crippen molar-refractivity contribution >= 4 is 87.6 Å². The van der Waals surface area contributed by atoms with Crippen LogP contribution in [0.2, 0.25) is 0 Å². The van der Waals surface area contributed by atoms with Gasteiger partial charge in [-0.1, -0.05) is 26.8 Å². The number of imidazole rings is 3. The van der Waals surface area contributed by atoms with Gasteiger partial charge in [0.2, 0.25) is 0 Å². The van der Waals surface area contributed by atoms with E-state index in [1.165, 1.54) is 47.3 Å². The Labute approximate surface area is 574 Å². The molecule has 502 valence electrons. The Kier molecular flexibility index (Phi) is 17.5. The Morgan fingerprint density at radius 1 is 0.390 bits per heavy atom. The van der Waals surface area contributed by atoms with Crippen molar-refractivity contribution in [1.29, 1.82) is 0 Å². The summed E-state index contributed by atoms with van der Waals surface area (Å²) in [4.78, 5) is 65.9. The number of pyridine rings is 5. The lowest BCUT2D eigenvalue weighted by Crippen LogP contribution is -2.19. The largest absolute Gasteiger partial charge is 0.342 e. The summed E-state index contributed by atoms with van der Waals surface area (Å²) < 4.78 is 56.5. The molecule has 3 fully saturated rings. The predicted molar refractivity (Wildman–Crippen MR) is 387 cm³/mol. The van der Waals surface area contributed by atoms with Gasteiger partial charge in [0.25, 0.3) is 5.56 Å². The maximum absolute atomic E-state index is 14.8. The van der Waals surface area contributed by atoms with Crippen LogP contribution in [0.1, 0.15) is 167 Å². The van der Waals surface area contributed by atoms with E-state index in [-0.39, 0.29) is 40.7 Å². The number of nitrogens with one attached hydrogen (secondary N) is 4. The number of aromatic nitrogens is 13. The molecule has 0 aliphatic heterocycles. The lowest BCUT2D eigenvalue weighted by atomic mass is 9.73. The van der Waals surface area contributed by atoms with Crippen molar-refractivity contribution in [1.82, 2.24) is 64.8 Å². The molecule has 0 amide bonds. The van der Waals surface area contributed by atoms with Gasteiger partial charge in [0.15, 0.2) is 0 Å². The van der Waals surface area contributed by atoms with Crippen LogP contribution < -0.4 is 5.56 Å². The van der Waals surface area contributed by atoms with Crippen molar-refractivity contribution in [2.75, 3.05) is 0 Å². The number of H-pyrrole nitrogens is 4. The summed E-state index contributed by atoms with van der Waals surface area (Å²) in [6.07, 6.45) is 25.1. The van der Waals surface area contributed by atoms with Gasteiger partial charge >= 0.3 is 0 Å². The second-order valence-electron chi connectivity index (χ2n) is 28.0. The van der Waals surface area contributed by atoms with Crippen molar-refractivity contribution in [2.45, 2.75) is 133 Å². The maximum Gasteiger partial charge on any atom is 0.258 e. The lowest BCUT2D eigenvalue weighted by Gasteiger charge is -2.32. The SMILES string of the molecule is CC(c1nc2c(ccc3ncccc32)[nH]1)C1CCC(c2ccnc3ccc(F)cc23)CC1.CC(c1nc2cc3nc[nH]c(=O)c3cc2[nH]1)C1CCC(c2ccnc3ccc(F)cc23)CC1.C[C@H](c1nc2cc(-c3cccnc3)c(F)cc2[nH]1)C1CCC(c2ccnc3ccc(F)cc23)CC1. The summed E-state index contributed by atoms with van der Waals surface area (Å²) in [6, 6.07) is 39.7. The summed E-state index contributed by atoms with van der Waals surface area (Å²) in [6.45, 7) is 6.73. The van der Waals surface area contributed by atoms with Crippen LogP contribution in [-0.2, 0) is 0 Å². The van der Waals surface area contributed by atoms with Gasteiger partial charge in [-0.2, -0.15) is 0 Å². The minimum absolute atomic E-state index is 0.145. The highest BCUT2D eigenvalue weighted by molar-refractivity contribution is 6.02. The van der Waals surface area contributed by atoms with Gasteiger partial charge in [0.1, 0.15) is 40.7 Å². The van der Waals surface area contributed by atoms with Crippen molar-refractivity contribution in [3.63, 3.8) is 0 Å². The Bertz CT molecular complexity index is 5570. The molecule has 15 aromatic rings. The first-order chi connectivity index (χ1) is 48.8. The van der Waals surface area contributed by atoms with Crippen molar-refractivity contribution < 1.29 is 17.6 Å². The molecule has 9 aromatic heterocycles. The first-order valence-corrected chi connectivity index (χ1v) is 35.1. The highest BCUT2D eigenvalue weighted by Crippen LogP contribution is 2.47. The zero-order valence-corrected chi connectivity index (χ0v) is 55.9.